The molecule has 9 nitrogen and oxygen atoms in total. The van der Waals surface area contributed by atoms with Crippen molar-refractivity contribution in [1.82, 2.24) is 24.7 Å². The number of nitrogens with two attached hydrogens (primary N) is 1. The van der Waals surface area contributed by atoms with Gasteiger partial charge in [0, 0.05) is 24.4 Å². The summed E-state index contributed by atoms with van der Waals surface area (Å²) in [6, 6.07) is 1.65. The van der Waals surface area contributed by atoms with Gasteiger partial charge in [0.2, 0.25) is 0 Å². The number of aromatic nitrogens is 5. The molecular formula is C18H23ClN6O3. The van der Waals surface area contributed by atoms with E-state index in [2.05, 4.69) is 20.1 Å². The Bertz CT molecular complexity index is 1010. The second-order valence-corrected chi connectivity index (χ2v) is 7.18. The average molecular weight is 407 g/mol. The molecule has 3 aromatic heterocycles. The minimum Gasteiger partial charge on any atom is -0.391 e. The number of aliphatic hydroxyl groups is 1. The summed E-state index contributed by atoms with van der Waals surface area (Å²) < 4.78 is 6.62. The Labute approximate surface area is 166 Å². The highest BCUT2D eigenvalue weighted by atomic mass is 35.5. The first kappa shape index (κ1) is 20.2. The minimum atomic E-state index is -0.270. The Morgan fingerprint density at radius 2 is 2.21 bits per heavy atom. The predicted octanol–water partition coefficient (Wildman–Crippen LogP) is 2.16. The van der Waals surface area contributed by atoms with E-state index in [1.165, 1.54) is 12.5 Å². The molecule has 1 saturated heterocycles. The van der Waals surface area contributed by atoms with E-state index < -0.39 is 0 Å². The molecule has 0 saturated carbocycles. The van der Waals surface area contributed by atoms with Crippen molar-refractivity contribution in [2.75, 3.05) is 18.9 Å². The maximum atomic E-state index is 12.2. The zero-order chi connectivity index (χ0) is 20.3. The lowest BCUT2D eigenvalue weighted by molar-refractivity contribution is -0.00535. The van der Waals surface area contributed by atoms with Crippen molar-refractivity contribution >= 4 is 28.5 Å². The summed E-state index contributed by atoms with van der Waals surface area (Å²) in [6.45, 7) is 5.29. The molecule has 1 aliphatic heterocycles. The van der Waals surface area contributed by atoms with Gasteiger partial charge in [-0.1, -0.05) is 11.6 Å². The number of fused-ring (bicyclic) bond motifs is 1. The SMILES string of the molecule is CC(C)n1nc(-c2cc(N)ncc2Cl)c2c(=O)[nH]cnc21.OC1CCCOC1. The first-order valence-corrected chi connectivity index (χ1v) is 9.39. The van der Waals surface area contributed by atoms with Gasteiger partial charge in [-0.05, 0) is 32.8 Å². The van der Waals surface area contributed by atoms with E-state index in [1.54, 1.807) is 10.7 Å². The number of anilines is 1. The molecule has 1 aliphatic rings. The topological polar surface area (TPSA) is 132 Å². The number of hydrogen-bond acceptors (Lipinski definition) is 7. The molecule has 28 heavy (non-hydrogen) atoms. The van der Waals surface area contributed by atoms with Crippen LogP contribution in [0.4, 0.5) is 5.82 Å². The first-order valence-electron chi connectivity index (χ1n) is 9.01. The fourth-order valence-corrected chi connectivity index (χ4v) is 3.08. The van der Waals surface area contributed by atoms with Crippen LogP contribution >= 0.6 is 11.6 Å². The maximum Gasteiger partial charge on any atom is 0.262 e. The van der Waals surface area contributed by atoms with Gasteiger partial charge in [-0.15, -0.1) is 0 Å². The molecular weight excluding hydrogens is 384 g/mol. The molecule has 1 unspecified atom stereocenters. The third-order valence-electron chi connectivity index (χ3n) is 4.25. The van der Waals surface area contributed by atoms with Gasteiger partial charge in [0.05, 0.1) is 24.1 Å². The molecule has 0 bridgehead atoms. The monoisotopic (exact) mass is 406 g/mol. The van der Waals surface area contributed by atoms with Crippen LogP contribution in [0.3, 0.4) is 0 Å². The van der Waals surface area contributed by atoms with Crippen LogP contribution in [0.2, 0.25) is 5.02 Å². The summed E-state index contributed by atoms with van der Waals surface area (Å²) in [4.78, 5) is 22.9. The largest absolute Gasteiger partial charge is 0.391 e. The van der Waals surface area contributed by atoms with Crippen molar-refractivity contribution in [2.45, 2.75) is 38.8 Å². The van der Waals surface area contributed by atoms with Gasteiger partial charge in [0.1, 0.15) is 16.9 Å². The average Bonchev–Trinajstić information content (AvgIpc) is 3.06. The molecule has 10 heteroatoms. The van der Waals surface area contributed by atoms with E-state index in [9.17, 15) is 4.79 Å². The van der Waals surface area contributed by atoms with Crippen molar-refractivity contribution in [3.63, 3.8) is 0 Å². The summed E-state index contributed by atoms with van der Waals surface area (Å²) in [6.07, 6.45) is 4.55. The van der Waals surface area contributed by atoms with Gasteiger partial charge in [-0.2, -0.15) is 5.10 Å². The zero-order valence-corrected chi connectivity index (χ0v) is 16.5. The zero-order valence-electron chi connectivity index (χ0n) is 15.7. The first-order chi connectivity index (χ1) is 13.4. The molecule has 3 aromatic rings. The van der Waals surface area contributed by atoms with Crippen molar-refractivity contribution in [2.24, 2.45) is 0 Å². The molecule has 4 N–H and O–H groups in total. The molecule has 4 rings (SSSR count). The van der Waals surface area contributed by atoms with Gasteiger partial charge in [0.25, 0.3) is 5.56 Å². The van der Waals surface area contributed by atoms with E-state index in [0.717, 1.165) is 19.4 Å². The van der Waals surface area contributed by atoms with Crippen molar-refractivity contribution in [3.8, 4) is 11.3 Å². The molecule has 1 fully saturated rings. The molecule has 0 spiro atoms. The van der Waals surface area contributed by atoms with Crippen LogP contribution in [-0.4, -0.2) is 49.2 Å². The van der Waals surface area contributed by atoms with E-state index >= 15 is 0 Å². The van der Waals surface area contributed by atoms with Gasteiger partial charge in [-0.3, -0.25) is 4.79 Å². The van der Waals surface area contributed by atoms with Crippen LogP contribution in [0.15, 0.2) is 23.4 Å². The van der Waals surface area contributed by atoms with E-state index in [-0.39, 0.29) is 17.7 Å². The minimum absolute atomic E-state index is 0.0495. The van der Waals surface area contributed by atoms with Crippen LogP contribution in [0.5, 0.6) is 0 Å². The van der Waals surface area contributed by atoms with E-state index in [1.807, 2.05) is 13.8 Å². The quantitative estimate of drug-likeness (QED) is 0.593. The molecule has 4 heterocycles. The third kappa shape index (κ3) is 4.32. The number of nitrogens with one attached hydrogen (secondary N) is 1. The van der Waals surface area contributed by atoms with Crippen molar-refractivity contribution in [3.05, 3.63) is 34.0 Å². The highest BCUT2D eigenvalue weighted by Gasteiger charge is 2.20. The summed E-state index contributed by atoms with van der Waals surface area (Å²) in [5.41, 5.74) is 6.96. The van der Waals surface area contributed by atoms with Crippen molar-refractivity contribution < 1.29 is 9.84 Å². The number of pyridine rings is 1. The van der Waals surface area contributed by atoms with Crippen LogP contribution < -0.4 is 11.3 Å². The smallest absolute Gasteiger partial charge is 0.262 e. The fourth-order valence-electron chi connectivity index (χ4n) is 2.89. The van der Waals surface area contributed by atoms with Crippen LogP contribution in [-0.2, 0) is 4.74 Å². The normalized spacial score (nSPS) is 16.8. The fraction of sp³-hybridized carbons (Fsp3) is 0.444. The Morgan fingerprint density at radius 1 is 1.43 bits per heavy atom. The molecule has 0 radical (unpaired) electrons. The van der Waals surface area contributed by atoms with Gasteiger partial charge in [-0.25, -0.2) is 14.6 Å². The van der Waals surface area contributed by atoms with E-state index in [0.29, 0.717) is 39.7 Å². The number of halogens is 1. The van der Waals surface area contributed by atoms with Gasteiger partial charge < -0.3 is 20.6 Å². The number of nitrogen functional groups attached to an aromatic ring is 1. The summed E-state index contributed by atoms with van der Waals surface area (Å²) in [7, 11) is 0. The lowest BCUT2D eigenvalue weighted by Gasteiger charge is -2.15. The number of aliphatic hydroxyl groups excluding tert-OH is 1. The number of ether oxygens (including phenoxy) is 1. The summed E-state index contributed by atoms with van der Waals surface area (Å²) >= 11 is 6.17. The summed E-state index contributed by atoms with van der Waals surface area (Å²) in [5, 5.41) is 14.0. The maximum absolute atomic E-state index is 12.2. The molecule has 150 valence electrons. The number of H-pyrrole nitrogens is 1. The highest BCUT2D eigenvalue weighted by molar-refractivity contribution is 6.33. The second kappa shape index (κ2) is 8.68. The predicted molar refractivity (Wildman–Crippen MR) is 107 cm³/mol. The Morgan fingerprint density at radius 3 is 2.82 bits per heavy atom. The molecule has 1 atom stereocenters. The van der Waals surface area contributed by atoms with Crippen LogP contribution in [0.25, 0.3) is 22.3 Å². The number of rotatable bonds is 2. The summed E-state index contributed by atoms with van der Waals surface area (Å²) in [5.74, 6) is 0.307. The number of aromatic amines is 1. The van der Waals surface area contributed by atoms with Gasteiger partial charge in [0.15, 0.2) is 5.65 Å². The lowest BCUT2D eigenvalue weighted by atomic mass is 10.1. The highest BCUT2D eigenvalue weighted by Crippen LogP contribution is 2.32. The van der Waals surface area contributed by atoms with Crippen LogP contribution in [0, 0.1) is 0 Å². The Balaban J connectivity index is 0.000000271. The third-order valence-corrected chi connectivity index (χ3v) is 4.55. The number of nitrogens with zero attached hydrogens (tertiary/aromatic N) is 4. The standard InChI is InChI=1S/C13H13ClN6O.C5H10O2/c1-6(2)20-12-10(13(21)18-5-17-12)11(19-20)7-3-9(15)16-4-8(7)14;6-5-2-1-3-7-4-5/h3-6H,1-2H3,(H2,15,16)(H,17,18,21);5-6H,1-4H2. The molecule has 0 amide bonds. The Hall–Kier alpha value is -2.49. The Kier molecular flexibility index (Phi) is 6.28. The van der Waals surface area contributed by atoms with E-state index in [4.69, 9.17) is 27.2 Å². The molecule has 0 aliphatic carbocycles. The van der Waals surface area contributed by atoms with Crippen LogP contribution in [0.1, 0.15) is 32.7 Å². The van der Waals surface area contributed by atoms with Gasteiger partial charge >= 0.3 is 0 Å². The molecule has 0 aromatic carbocycles. The van der Waals surface area contributed by atoms with Crippen molar-refractivity contribution in [1.29, 1.82) is 0 Å². The second-order valence-electron chi connectivity index (χ2n) is 6.78. The number of hydrogen-bond donors (Lipinski definition) is 3. The lowest BCUT2D eigenvalue weighted by Crippen LogP contribution is -2.21.